The van der Waals surface area contributed by atoms with Crippen molar-refractivity contribution in [3.63, 3.8) is 0 Å². The van der Waals surface area contributed by atoms with Crippen LogP contribution in [0.15, 0.2) is 46.2 Å². The van der Waals surface area contributed by atoms with Crippen LogP contribution in [0.1, 0.15) is 18.6 Å². The van der Waals surface area contributed by atoms with E-state index in [4.69, 9.17) is 9.15 Å². The zero-order chi connectivity index (χ0) is 20.2. The van der Waals surface area contributed by atoms with E-state index in [-0.39, 0.29) is 23.6 Å². The quantitative estimate of drug-likeness (QED) is 0.589. The molecular formula is C20H21FN4O3S. The van der Waals surface area contributed by atoms with Gasteiger partial charge in [-0.25, -0.2) is 4.39 Å². The van der Waals surface area contributed by atoms with Crippen molar-refractivity contribution in [2.45, 2.75) is 37.6 Å². The molecule has 0 spiro atoms. The van der Waals surface area contributed by atoms with Crippen molar-refractivity contribution in [1.82, 2.24) is 14.8 Å². The Morgan fingerprint density at radius 2 is 2.14 bits per heavy atom. The second kappa shape index (κ2) is 8.79. The van der Waals surface area contributed by atoms with E-state index in [1.165, 1.54) is 36.0 Å². The molecule has 1 aliphatic heterocycles. The summed E-state index contributed by atoms with van der Waals surface area (Å²) in [6, 6.07) is 7.53. The highest BCUT2D eigenvalue weighted by atomic mass is 32.2. The van der Waals surface area contributed by atoms with Gasteiger partial charge in [-0.15, -0.1) is 10.2 Å². The SMILES string of the molecule is Cc1occc1-c1nnc(SCC(=O)Nc2ccc(F)cc2)n1C[C@H]1CCCO1. The van der Waals surface area contributed by atoms with Gasteiger partial charge >= 0.3 is 0 Å². The van der Waals surface area contributed by atoms with Crippen LogP contribution in [-0.4, -0.2) is 39.1 Å². The maximum atomic E-state index is 13.0. The molecule has 0 bridgehead atoms. The Morgan fingerprint density at radius 1 is 1.31 bits per heavy atom. The van der Waals surface area contributed by atoms with Gasteiger partial charge in [0, 0.05) is 12.3 Å². The van der Waals surface area contributed by atoms with Crippen LogP contribution in [-0.2, 0) is 16.1 Å². The number of carbonyl (C=O) groups excluding carboxylic acids is 1. The summed E-state index contributed by atoms with van der Waals surface area (Å²) in [6.45, 7) is 3.26. The third-order valence-corrected chi connectivity index (χ3v) is 5.65. The van der Waals surface area contributed by atoms with Crippen molar-refractivity contribution in [3.05, 3.63) is 48.2 Å². The summed E-state index contributed by atoms with van der Waals surface area (Å²) in [5.41, 5.74) is 1.42. The molecule has 2 aromatic heterocycles. The maximum Gasteiger partial charge on any atom is 0.234 e. The fraction of sp³-hybridized carbons (Fsp3) is 0.350. The Hall–Kier alpha value is -2.65. The Morgan fingerprint density at radius 3 is 2.83 bits per heavy atom. The zero-order valence-electron chi connectivity index (χ0n) is 15.9. The number of thioether (sulfide) groups is 1. The van der Waals surface area contributed by atoms with Gasteiger partial charge in [0.05, 0.1) is 30.2 Å². The third kappa shape index (κ3) is 4.68. The molecule has 1 aliphatic rings. The van der Waals surface area contributed by atoms with Gasteiger partial charge in [-0.05, 0) is 50.1 Å². The number of nitrogens with zero attached hydrogens (tertiary/aromatic N) is 3. The molecule has 1 N–H and O–H groups in total. The van der Waals surface area contributed by atoms with Crippen LogP contribution in [0.3, 0.4) is 0 Å². The Kier molecular flexibility index (Phi) is 5.96. The van der Waals surface area contributed by atoms with Gasteiger partial charge in [0.2, 0.25) is 5.91 Å². The van der Waals surface area contributed by atoms with E-state index in [0.29, 0.717) is 23.2 Å². The first-order chi connectivity index (χ1) is 14.1. The smallest absolute Gasteiger partial charge is 0.234 e. The topological polar surface area (TPSA) is 82.2 Å². The minimum atomic E-state index is -0.346. The Labute approximate surface area is 171 Å². The number of benzene rings is 1. The molecule has 9 heteroatoms. The van der Waals surface area contributed by atoms with E-state index in [9.17, 15) is 9.18 Å². The predicted molar refractivity (Wildman–Crippen MR) is 107 cm³/mol. The van der Waals surface area contributed by atoms with Gasteiger partial charge in [-0.2, -0.15) is 0 Å². The second-order valence-electron chi connectivity index (χ2n) is 6.79. The number of aryl methyl sites for hydroxylation is 1. The van der Waals surface area contributed by atoms with Crippen LogP contribution in [0, 0.1) is 12.7 Å². The number of ether oxygens (including phenoxy) is 1. The van der Waals surface area contributed by atoms with Crippen molar-refractivity contribution in [3.8, 4) is 11.4 Å². The second-order valence-corrected chi connectivity index (χ2v) is 7.73. The molecule has 0 unspecified atom stereocenters. The van der Waals surface area contributed by atoms with Crippen LogP contribution in [0.2, 0.25) is 0 Å². The molecule has 1 aromatic carbocycles. The van der Waals surface area contributed by atoms with Crippen LogP contribution in [0.4, 0.5) is 10.1 Å². The van der Waals surface area contributed by atoms with Gasteiger partial charge in [-0.3, -0.25) is 9.36 Å². The van der Waals surface area contributed by atoms with Crippen molar-refractivity contribution in [2.24, 2.45) is 0 Å². The van der Waals surface area contributed by atoms with Crippen LogP contribution >= 0.6 is 11.8 Å². The molecule has 1 amide bonds. The molecular weight excluding hydrogens is 395 g/mol. The summed E-state index contributed by atoms with van der Waals surface area (Å²) in [5, 5.41) is 12.0. The van der Waals surface area contributed by atoms with Crippen molar-refractivity contribution >= 4 is 23.4 Å². The molecule has 1 fully saturated rings. The number of hydrogen-bond acceptors (Lipinski definition) is 6. The normalized spacial score (nSPS) is 16.3. The molecule has 4 rings (SSSR count). The molecule has 0 radical (unpaired) electrons. The molecule has 1 atom stereocenters. The Balaban J connectivity index is 1.48. The minimum absolute atomic E-state index is 0.101. The van der Waals surface area contributed by atoms with Crippen LogP contribution < -0.4 is 5.32 Å². The average molecular weight is 416 g/mol. The highest BCUT2D eigenvalue weighted by Gasteiger charge is 2.23. The highest BCUT2D eigenvalue weighted by molar-refractivity contribution is 7.99. The monoisotopic (exact) mass is 416 g/mol. The average Bonchev–Trinajstić information content (AvgIpc) is 3.44. The lowest BCUT2D eigenvalue weighted by atomic mass is 10.2. The summed E-state index contributed by atoms with van der Waals surface area (Å²) >= 11 is 1.30. The molecule has 3 heterocycles. The highest BCUT2D eigenvalue weighted by Crippen LogP contribution is 2.29. The summed E-state index contributed by atoms with van der Waals surface area (Å²) in [7, 11) is 0. The number of halogens is 1. The van der Waals surface area contributed by atoms with E-state index in [1.54, 1.807) is 6.26 Å². The molecule has 29 heavy (non-hydrogen) atoms. The summed E-state index contributed by atoms with van der Waals surface area (Å²) in [5.74, 6) is 1.08. The molecule has 7 nitrogen and oxygen atoms in total. The van der Waals surface area contributed by atoms with Gasteiger partial charge in [0.1, 0.15) is 11.6 Å². The summed E-state index contributed by atoms with van der Waals surface area (Å²) < 4.78 is 26.2. The van der Waals surface area contributed by atoms with E-state index in [0.717, 1.165) is 30.8 Å². The number of carbonyl (C=O) groups is 1. The predicted octanol–water partition coefficient (Wildman–Crippen LogP) is 3.90. The van der Waals surface area contributed by atoms with Gasteiger partial charge < -0.3 is 14.5 Å². The molecule has 3 aromatic rings. The fourth-order valence-electron chi connectivity index (χ4n) is 3.23. The van der Waals surface area contributed by atoms with Gasteiger partial charge in [0.25, 0.3) is 0 Å². The molecule has 152 valence electrons. The fourth-order valence-corrected chi connectivity index (χ4v) is 3.98. The number of furan rings is 1. The van der Waals surface area contributed by atoms with Crippen LogP contribution in [0.25, 0.3) is 11.4 Å². The molecule has 1 saturated heterocycles. The number of amides is 1. The van der Waals surface area contributed by atoms with E-state index in [2.05, 4.69) is 15.5 Å². The zero-order valence-corrected chi connectivity index (χ0v) is 16.7. The number of nitrogens with one attached hydrogen (secondary N) is 1. The maximum absolute atomic E-state index is 13.0. The Bertz CT molecular complexity index is 980. The van der Waals surface area contributed by atoms with Crippen molar-refractivity contribution in [1.29, 1.82) is 0 Å². The molecule has 0 saturated carbocycles. The van der Waals surface area contributed by atoms with E-state index >= 15 is 0 Å². The molecule has 0 aliphatic carbocycles. The van der Waals surface area contributed by atoms with Gasteiger partial charge in [-0.1, -0.05) is 11.8 Å². The first kappa shape index (κ1) is 19.7. The lowest BCUT2D eigenvalue weighted by molar-refractivity contribution is -0.113. The lowest BCUT2D eigenvalue weighted by Gasteiger charge is -2.14. The van der Waals surface area contributed by atoms with Gasteiger partial charge in [0.15, 0.2) is 11.0 Å². The van der Waals surface area contributed by atoms with E-state index in [1.807, 2.05) is 17.6 Å². The first-order valence-electron chi connectivity index (χ1n) is 9.37. The summed E-state index contributed by atoms with van der Waals surface area (Å²) in [6.07, 6.45) is 3.75. The number of hydrogen-bond donors (Lipinski definition) is 1. The number of aromatic nitrogens is 3. The third-order valence-electron chi connectivity index (χ3n) is 4.69. The first-order valence-corrected chi connectivity index (χ1v) is 10.4. The lowest BCUT2D eigenvalue weighted by Crippen LogP contribution is -2.18. The summed E-state index contributed by atoms with van der Waals surface area (Å²) in [4.78, 5) is 12.3. The standard InChI is InChI=1S/C20H21FN4O3S/c1-13-17(8-10-27-13)19-23-24-20(25(19)11-16-3-2-9-28-16)29-12-18(26)22-15-6-4-14(21)5-7-15/h4-8,10,16H,2-3,9,11-12H2,1H3,(H,22,26)/t16-/m1/s1. The van der Waals surface area contributed by atoms with Crippen molar-refractivity contribution in [2.75, 3.05) is 17.7 Å². The van der Waals surface area contributed by atoms with Crippen LogP contribution in [0.5, 0.6) is 0 Å². The van der Waals surface area contributed by atoms with Crippen molar-refractivity contribution < 1.29 is 18.3 Å². The minimum Gasteiger partial charge on any atom is -0.469 e. The van der Waals surface area contributed by atoms with E-state index < -0.39 is 0 Å². The number of rotatable bonds is 7. The largest absolute Gasteiger partial charge is 0.469 e. The number of anilines is 1.